The highest BCUT2D eigenvalue weighted by atomic mass is 19.1. The van der Waals surface area contributed by atoms with E-state index in [0.29, 0.717) is 19.5 Å². The largest absolute Gasteiger partial charge is 0.312 e. The summed E-state index contributed by atoms with van der Waals surface area (Å²) in [5.74, 6) is -0.0727. The minimum absolute atomic E-state index is 0.156. The van der Waals surface area contributed by atoms with Crippen LogP contribution in [0.3, 0.4) is 0 Å². The quantitative estimate of drug-likeness (QED) is 0.859. The standard InChI is InChI=1S/C19H21FN2O/c20-17-9-7-15(8-10-17)14-21-12-11-19(23)22-13-3-5-16-4-1-2-6-18(16)22/h1-2,4,6-10,21H,3,5,11-14H2. The van der Waals surface area contributed by atoms with Gasteiger partial charge in [-0.25, -0.2) is 4.39 Å². The van der Waals surface area contributed by atoms with Gasteiger partial charge in [-0.05, 0) is 42.2 Å². The average molecular weight is 312 g/mol. The van der Waals surface area contributed by atoms with Gasteiger partial charge in [0.25, 0.3) is 0 Å². The van der Waals surface area contributed by atoms with Gasteiger partial charge >= 0.3 is 0 Å². The van der Waals surface area contributed by atoms with E-state index in [9.17, 15) is 9.18 Å². The van der Waals surface area contributed by atoms with Gasteiger partial charge in [-0.2, -0.15) is 0 Å². The van der Waals surface area contributed by atoms with Gasteiger partial charge in [0.1, 0.15) is 5.82 Å². The summed E-state index contributed by atoms with van der Waals surface area (Å²) in [7, 11) is 0. The van der Waals surface area contributed by atoms with Crippen LogP contribution in [-0.4, -0.2) is 19.0 Å². The van der Waals surface area contributed by atoms with Gasteiger partial charge in [0, 0.05) is 31.7 Å². The Labute approximate surface area is 136 Å². The molecule has 0 saturated carbocycles. The number of rotatable bonds is 5. The van der Waals surface area contributed by atoms with Gasteiger partial charge in [-0.15, -0.1) is 0 Å². The maximum absolute atomic E-state index is 12.8. The van der Waals surface area contributed by atoms with Crippen LogP contribution in [0, 0.1) is 5.82 Å². The number of anilines is 1. The second-order valence-electron chi connectivity index (χ2n) is 5.83. The predicted molar refractivity (Wildman–Crippen MR) is 89.8 cm³/mol. The fourth-order valence-corrected chi connectivity index (χ4v) is 2.96. The van der Waals surface area contributed by atoms with Crippen molar-refractivity contribution in [2.75, 3.05) is 18.0 Å². The number of aryl methyl sites for hydroxylation is 1. The summed E-state index contributed by atoms with van der Waals surface area (Å²) in [6.45, 7) is 2.06. The minimum atomic E-state index is -0.229. The lowest BCUT2D eigenvalue weighted by molar-refractivity contribution is -0.118. The molecule has 0 aromatic heterocycles. The van der Waals surface area contributed by atoms with Gasteiger partial charge in [0.15, 0.2) is 0 Å². The highest BCUT2D eigenvalue weighted by Crippen LogP contribution is 2.26. The Kier molecular flexibility index (Phi) is 5.03. The molecular formula is C19H21FN2O. The lowest BCUT2D eigenvalue weighted by atomic mass is 10.0. The SMILES string of the molecule is O=C(CCNCc1ccc(F)cc1)N1CCCc2ccccc21. The van der Waals surface area contributed by atoms with E-state index >= 15 is 0 Å². The van der Waals surface area contributed by atoms with Crippen molar-refractivity contribution < 1.29 is 9.18 Å². The number of halogens is 1. The summed E-state index contributed by atoms with van der Waals surface area (Å²) in [4.78, 5) is 14.4. The second-order valence-corrected chi connectivity index (χ2v) is 5.83. The van der Waals surface area contributed by atoms with Crippen LogP contribution in [-0.2, 0) is 17.8 Å². The average Bonchev–Trinajstić information content (AvgIpc) is 2.59. The summed E-state index contributed by atoms with van der Waals surface area (Å²) in [6.07, 6.45) is 2.53. The molecule has 23 heavy (non-hydrogen) atoms. The van der Waals surface area contributed by atoms with Crippen molar-refractivity contribution in [1.82, 2.24) is 5.32 Å². The first-order valence-electron chi connectivity index (χ1n) is 8.07. The molecule has 0 unspecified atom stereocenters. The maximum atomic E-state index is 12.8. The number of amides is 1. The monoisotopic (exact) mass is 312 g/mol. The van der Waals surface area contributed by atoms with E-state index in [1.165, 1.54) is 17.7 Å². The van der Waals surface area contributed by atoms with Gasteiger partial charge < -0.3 is 10.2 Å². The molecule has 1 aliphatic rings. The molecule has 0 fully saturated rings. The number of carbonyl (C=O) groups is 1. The van der Waals surface area contributed by atoms with Crippen LogP contribution in [0.2, 0.25) is 0 Å². The third-order valence-corrected chi connectivity index (χ3v) is 4.17. The summed E-state index contributed by atoms with van der Waals surface area (Å²) >= 11 is 0. The van der Waals surface area contributed by atoms with Crippen LogP contribution >= 0.6 is 0 Å². The van der Waals surface area contributed by atoms with Crippen molar-refractivity contribution in [1.29, 1.82) is 0 Å². The van der Waals surface area contributed by atoms with E-state index in [1.54, 1.807) is 12.1 Å². The topological polar surface area (TPSA) is 32.3 Å². The Morgan fingerprint density at radius 3 is 2.74 bits per heavy atom. The van der Waals surface area contributed by atoms with Crippen LogP contribution in [0.5, 0.6) is 0 Å². The number of hydrogen-bond acceptors (Lipinski definition) is 2. The molecule has 1 heterocycles. The zero-order valence-electron chi connectivity index (χ0n) is 13.1. The first-order valence-corrected chi connectivity index (χ1v) is 8.07. The number of hydrogen-bond donors (Lipinski definition) is 1. The lowest BCUT2D eigenvalue weighted by Gasteiger charge is -2.29. The van der Waals surface area contributed by atoms with Crippen LogP contribution in [0.1, 0.15) is 24.0 Å². The number of nitrogens with zero attached hydrogens (tertiary/aromatic N) is 1. The number of carbonyl (C=O) groups excluding carboxylic acids is 1. The smallest absolute Gasteiger partial charge is 0.228 e. The fraction of sp³-hybridized carbons (Fsp3) is 0.316. The zero-order valence-corrected chi connectivity index (χ0v) is 13.1. The first-order chi connectivity index (χ1) is 11.2. The van der Waals surface area contributed by atoms with E-state index in [4.69, 9.17) is 0 Å². The normalized spacial score (nSPS) is 13.7. The third-order valence-electron chi connectivity index (χ3n) is 4.17. The van der Waals surface area contributed by atoms with E-state index in [0.717, 1.165) is 30.6 Å². The number of fused-ring (bicyclic) bond motifs is 1. The highest BCUT2D eigenvalue weighted by molar-refractivity contribution is 5.94. The van der Waals surface area contributed by atoms with Crippen molar-refractivity contribution in [3.8, 4) is 0 Å². The molecule has 0 bridgehead atoms. The number of nitrogens with one attached hydrogen (secondary N) is 1. The fourth-order valence-electron chi connectivity index (χ4n) is 2.96. The summed E-state index contributed by atoms with van der Waals surface area (Å²) in [5.41, 5.74) is 3.33. The molecule has 1 amide bonds. The molecule has 0 saturated heterocycles. The van der Waals surface area contributed by atoms with Gasteiger partial charge in [-0.3, -0.25) is 4.79 Å². The molecule has 120 valence electrons. The third kappa shape index (κ3) is 3.96. The molecule has 0 atom stereocenters. The van der Waals surface area contributed by atoms with Crippen LogP contribution in [0.4, 0.5) is 10.1 Å². The van der Waals surface area contributed by atoms with Gasteiger partial charge in [0.05, 0.1) is 0 Å². The maximum Gasteiger partial charge on any atom is 0.228 e. The number of para-hydroxylation sites is 1. The minimum Gasteiger partial charge on any atom is -0.312 e. The Morgan fingerprint density at radius 1 is 1.13 bits per heavy atom. The van der Waals surface area contributed by atoms with Crippen molar-refractivity contribution >= 4 is 11.6 Å². The molecule has 0 aliphatic carbocycles. The molecule has 2 aromatic rings. The van der Waals surface area contributed by atoms with Gasteiger partial charge in [0.2, 0.25) is 5.91 Å². The summed E-state index contributed by atoms with van der Waals surface area (Å²) in [6, 6.07) is 14.5. The van der Waals surface area contributed by atoms with Crippen molar-refractivity contribution in [2.45, 2.75) is 25.8 Å². The molecule has 1 N–H and O–H groups in total. The second kappa shape index (κ2) is 7.38. The van der Waals surface area contributed by atoms with Gasteiger partial charge in [-0.1, -0.05) is 30.3 Å². The van der Waals surface area contributed by atoms with Crippen molar-refractivity contribution in [3.63, 3.8) is 0 Å². The predicted octanol–water partition coefficient (Wildman–Crippen LogP) is 3.28. The Bertz CT molecular complexity index is 669. The molecule has 0 spiro atoms. The molecule has 4 heteroatoms. The molecule has 3 rings (SSSR count). The van der Waals surface area contributed by atoms with Crippen LogP contribution < -0.4 is 10.2 Å². The lowest BCUT2D eigenvalue weighted by Crippen LogP contribution is -2.36. The summed E-state index contributed by atoms with van der Waals surface area (Å²) < 4.78 is 12.8. The van der Waals surface area contributed by atoms with E-state index in [1.807, 2.05) is 23.1 Å². The molecule has 2 aromatic carbocycles. The van der Waals surface area contributed by atoms with Crippen molar-refractivity contribution in [3.05, 3.63) is 65.5 Å². The van der Waals surface area contributed by atoms with Crippen molar-refractivity contribution in [2.24, 2.45) is 0 Å². The van der Waals surface area contributed by atoms with E-state index in [-0.39, 0.29) is 11.7 Å². The summed E-state index contributed by atoms with van der Waals surface area (Å²) in [5, 5.41) is 3.25. The van der Waals surface area contributed by atoms with E-state index < -0.39 is 0 Å². The molecular weight excluding hydrogens is 291 g/mol. The Hall–Kier alpha value is -2.20. The molecule has 0 radical (unpaired) electrons. The molecule has 3 nitrogen and oxygen atoms in total. The Balaban J connectivity index is 1.49. The zero-order chi connectivity index (χ0) is 16.1. The Morgan fingerprint density at radius 2 is 1.91 bits per heavy atom. The molecule has 1 aliphatic heterocycles. The first kappa shape index (κ1) is 15.7. The van der Waals surface area contributed by atoms with Crippen LogP contribution in [0.15, 0.2) is 48.5 Å². The van der Waals surface area contributed by atoms with E-state index in [2.05, 4.69) is 11.4 Å². The number of benzene rings is 2. The highest BCUT2D eigenvalue weighted by Gasteiger charge is 2.21. The van der Waals surface area contributed by atoms with Crippen LogP contribution in [0.25, 0.3) is 0 Å².